The molecule has 0 radical (unpaired) electrons. The molecular weight excluding hydrogens is 1000 g/mol. The third-order valence-electron chi connectivity index (χ3n) is 15.4. The molecule has 3 aliphatic heterocycles. The van der Waals surface area contributed by atoms with Crippen LogP contribution in [0.2, 0.25) is 0 Å². The van der Waals surface area contributed by atoms with Crippen molar-refractivity contribution >= 4 is 107 Å². The third-order valence-corrected chi connectivity index (χ3v) is 15.4. The zero-order chi connectivity index (χ0) is 85.9. The first-order chi connectivity index (χ1) is 52.8. The Hall–Kier alpha value is -8.28. The molecule has 14 rings (SSSR count). The Labute approximate surface area is 538 Å². The monoisotopic (exact) mass is 1110 g/mol. The van der Waals surface area contributed by atoms with Gasteiger partial charge in [-0.05, 0) is 184 Å². The first-order valence-corrected chi connectivity index (χ1v) is 27.5. The number of rotatable bonds is 5. The summed E-state index contributed by atoms with van der Waals surface area (Å²) in [6.45, 7) is 22.7. The van der Waals surface area contributed by atoms with Crippen LogP contribution in [0.4, 0.5) is 51.2 Å². The number of hydrogen-bond acceptors (Lipinski definition) is 3. The molecule has 0 spiro atoms. The zero-order valence-corrected chi connectivity index (χ0v) is 48.9. The quantitative estimate of drug-likeness (QED) is 0.160. The van der Waals surface area contributed by atoms with Gasteiger partial charge in [0.25, 0.3) is 6.71 Å². The van der Waals surface area contributed by atoms with Gasteiger partial charge in [0.05, 0.1) is 72.0 Å². The van der Waals surface area contributed by atoms with E-state index in [-0.39, 0.29) is 78.8 Å². The molecule has 11 aromatic rings. The molecule has 412 valence electrons. The molecular formula is C78H77BN4. The number of anilines is 9. The minimum atomic E-state index is -2.08. The van der Waals surface area contributed by atoms with E-state index in [9.17, 15) is 37.0 Å². The fourth-order valence-electron chi connectivity index (χ4n) is 10.9. The van der Waals surface area contributed by atoms with Gasteiger partial charge in [-0.1, -0.05) is 207 Å². The lowest BCUT2D eigenvalue weighted by molar-refractivity contribution is 0.590. The molecule has 0 atom stereocenters. The Bertz CT molecular complexity index is 6250. The maximum absolute atomic E-state index is 11.3. The third kappa shape index (κ3) is 8.38. The van der Waals surface area contributed by atoms with Crippen LogP contribution in [0.3, 0.4) is 0 Å². The van der Waals surface area contributed by atoms with Crippen molar-refractivity contribution in [3.8, 4) is 16.8 Å². The number of aromatic nitrogens is 1. The number of para-hydroxylation sites is 1. The number of hydrogen-bond donors (Lipinski definition) is 0. The normalized spacial score (nSPS) is 19.3. The highest BCUT2D eigenvalue weighted by Gasteiger charge is 2.47. The van der Waals surface area contributed by atoms with Crippen molar-refractivity contribution in [1.82, 2.24) is 4.57 Å². The van der Waals surface area contributed by atoms with Crippen molar-refractivity contribution in [3.05, 3.63) is 221 Å². The van der Waals surface area contributed by atoms with Gasteiger partial charge < -0.3 is 19.3 Å². The largest absolute Gasteiger partial charge is 0.311 e. The fraction of sp³-hybridized carbons (Fsp3) is 0.256. The van der Waals surface area contributed by atoms with Gasteiger partial charge in [0, 0.05) is 50.6 Å². The smallest absolute Gasteiger partial charge is 0.252 e. The summed E-state index contributed by atoms with van der Waals surface area (Å²) in [6, 6.07) is -26.9. The van der Waals surface area contributed by atoms with Crippen LogP contribution in [0.15, 0.2) is 193 Å². The predicted molar refractivity (Wildman–Crippen MR) is 359 cm³/mol. The average molecular weight is 1110 g/mol. The molecule has 0 fully saturated rings. The number of nitrogens with zero attached hydrogens (tertiary/aromatic N) is 4. The van der Waals surface area contributed by atoms with Crippen molar-refractivity contribution in [2.75, 3.05) is 14.7 Å². The molecule has 3 aliphatic rings. The summed E-state index contributed by atoms with van der Waals surface area (Å²) >= 11 is 0. The van der Waals surface area contributed by atoms with Gasteiger partial charge in [0.2, 0.25) is 0 Å². The first-order valence-electron chi connectivity index (χ1n) is 43.5. The van der Waals surface area contributed by atoms with E-state index >= 15 is 0 Å². The van der Waals surface area contributed by atoms with Gasteiger partial charge in [-0.2, -0.15) is 0 Å². The minimum absolute atomic E-state index is 0.0137. The van der Waals surface area contributed by atoms with E-state index in [0.29, 0.717) is 4.90 Å². The van der Waals surface area contributed by atoms with E-state index in [0.717, 1.165) is 4.90 Å². The van der Waals surface area contributed by atoms with Gasteiger partial charge in [0.15, 0.2) is 0 Å². The highest BCUT2D eigenvalue weighted by molar-refractivity contribution is 7.00. The summed E-state index contributed by atoms with van der Waals surface area (Å²) in [5, 5.41) is -1.46. The van der Waals surface area contributed by atoms with E-state index in [1.807, 2.05) is 0 Å². The van der Waals surface area contributed by atoms with Crippen molar-refractivity contribution in [1.29, 1.82) is 0 Å². The van der Waals surface area contributed by atoms with Crippen molar-refractivity contribution in [3.63, 3.8) is 0 Å². The predicted octanol–water partition coefficient (Wildman–Crippen LogP) is 20.0. The Kier molecular flexibility index (Phi) is 6.18. The van der Waals surface area contributed by atoms with Crippen LogP contribution < -0.4 is 31.1 Å². The van der Waals surface area contributed by atoms with Crippen LogP contribution in [0.25, 0.3) is 49.4 Å². The second-order valence-electron chi connectivity index (χ2n) is 26.6. The fourth-order valence-corrected chi connectivity index (χ4v) is 10.9. The van der Waals surface area contributed by atoms with E-state index < -0.39 is 293 Å². The van der Waals surface area contributed by atoms with Crippen molar-refractivity contribution < 1.29 is 43.9 Å². The lowest BCUT2D eigenvalue weighted by atomic mass is 9.33. The van der Waals surface area contributed by atoms with Crippen LogP contribution >= 0.6 is 0 Å². The molecule has 0 saturated heterocycles. The summed E-state index contributed by atoms with van der Waals surface area (Å²) < 4.78 is 322. The van der Waals surface area contributed by atoms with Crippen LogP contribution in [-0.4, -0.2) is 11.3 Å². The van der Waals surface area contributed by atoms with Gasteiger partial charge >= 0.3 is 0 Å². The van der Waals surface area contributed by atoms with Crippen molar-refractivity contribution in [2.45, 2.75) is 131 Å². The van der Waals surface area contributed by atoms with E-state index in [2.05, 4.69) is 0 Å². The molecule has 83 heavy (non-hydrogen) atoms. The lowest BCUT2D eigenvalue weighted by Gasteiger charge is -2.47. The van der Waals surface area contributed by atoms with E-state index in [1.165, 1.54) is 9.47 Å². The second-order valence-corrected chi connectivity index (χ2v) is 26.6. The molecule has 10 aromatic carbocycles. The Balaban J connectivity index is 1.29. The molecule has 5 heteroatoms. The SMILES string of the molecule is [2H]c1c([2H])c2c3c(c1[2H])-n1c4c([2H])c([2H])c(C(C)(C)C)c([2H])c4c4c([2H])c(C(C)(C)C)c([2H])c(c41)N3c1c([2H])c(C(C)(C)C)c([2H])c3c1B2c1c([2H])c([2H])c(N(c2c([2H])c([2H])c(C(C)(C)C)c([2H])c2[2H])c2c([2H])c([2H])c(C(C)(C)C)c([2H])c2[2H])c([2H])c1N3c1c([2H])c([2H])c(-c2c([2H])c([2H])c([2H])c3c([2H])c([2H])c([2H])c([2H])c23)c([2H])c1[2H]. The van der Waals surface area contributed by atoms with Crippen LogP contribution in [0.1, 0.15) is 176 Å². The molecule has 0 bridgehead atoms. The lowest BCUT2D eigenvalue weighted by Crippen LogP contribution is -2.62. The van der Waals surface area contributed by atoms with Gasteiger partial charge in [0.1, 0.15) is 0 Å². The maximum Gasteiger partial charge on any atom is 0.252 e. The molecule has 1 aromatic heterocycles. The number of fused-ring (bicyclic) bond motifs is 10. The van der Waals surface area contributed by atoms with E-state index in [1.54, 1.807) is 104 Å². The van der Waals surface area contributed by atoms with Gasteiger partial charge in [-0.15, -0.1) is 0 Å². The molecule has 0 aliphatic carbocycles. The molecule has 0 amide bonds. The van der Waals surface area contributed by atoms with Crippen molar-refractivity contribution in [2.24, 2.45) is 0 Å². The first kappa shape index (κ1) is 28.3. The Morgan fingerprint density at radius 1 is 0.373 bits per heavy atom. The molecule has 0 N–H and O–H groups in total. The van der Waals surface area contributed by atoms with Crippen LogP contribution in [0.5, 0.6) is 0 Å². The van der Waals surface area contributed by atoms with Crippen LogP contribution in [-0.2, 0) is 27.1 Å². The zero-order valence-electron chi connectivity index (χ0n) is 80.9. The summed E-state index contributed by atoms with van der Waals surface area (Å²) in [5.74, 6) is 0. The van der Waals surface area contributed by atoms with E-state index in [4.69, 9.17) is 6.85 Å². The summed E-state index contributed by atoms with van der Waals surface area (Å²) in [7, 11) is 0. The maximum atomic E-state index is 11.3. The Morgan fingerprint density at radius 2 is 0.904 bits per heavy atom. The molecule has 4 heterocycles. The average Bonchev–Trinajstić information content (AvgIpc) is 1.18. The summed E-state index contributed by atoms with van der Waals surface area (Å²) in [5.41, 5.74) is -16.8. The highest BCUT2D eigenvalue weighted by atomic mass is 15.2. The molecule has 0 unspecified atom stereocenters. The second kappa shape index (κ2) is 18.1. The summed E-state index contributed by atoms with van der Waals surface area (Å²) in [6.07, 6.45) is 0. The standard InChI is InChI=1S/C78H77BN4/c1-74(2,3)50-28-35-55(36-29-50)80(56-37-30-51(31-38-56)75(4,5)6)58-39-40-63-67(47-58)81(57-33-26-49(27-34-57)60-23-18-21-48-20-16-17-22-59(48)60)68-44-54(78(13,14)15)45-69-71(68)79(63)64-24-19-25-66-73(64)83(69)70-46-53(77(10,11)12)43-62-61-42-52(76(7,8)9)32-41-65(61)82(66)72(62)70/h16-47H,1-15H3/i16D,17D,18D,19D,20D,21D,22D,23D,24D,25D,26D,27D,28D,29D,30D,31D,32D,33D,34D,35D,36D,37D,38D,39D,40D,41D,42D,43D,44D,45D,46D,47D. The van der Waals surface area contributed by atoms with Gasteiger partial charge in [-0.3, -0.25) is 0 Å². The highest BCUT2D eigenvalue weighted by Crippen LogP contribution is 2.55. The minimum Gasteiger partial charge on any atom is -0.311 e. The molecule has 0 saturated carbocycles. The topological polar surface area (TPSA) is 14.7 Å². The van der Waals surface area contributed by atoms with Crippen LogP contribution in [0, 0.1) is 0 Å². The Morgan fingerprint density at radius 3 is 1.53 bits per heavy atom. The summed E-state index contributed by atoms with van der Waals surface area (Å²) in [4.78, 5) is 2.78. The number of benzene rings is 10. The molecule has 4 nitrogen and oxygen atoms in total. The van der Waals surface area contributed by atoms with Gasteiger partial charge in [-0.25, -0.2) is 0 Å².